The van der Waals surface area contributed by atoms with E-state index in [4.69, 9.17) is 5.11 Å². The highest BCUT2D eigenvalue weighted by Gasteiger charge is 2.19. The summed E-state index contributed by atoms with van der Waals surface area (Å²) >= 11 is 2.29. The van der Waals surface area contributed by atoms with Crippen molar-refractivity contribution >= 4 is 38.7 Å². The number of carbonyl (C=O) groups is 1. The van der Waals surface area contributed by atoms with Gasteiger partial charge in [-0.05, 0) is 23.6 Å². The van der Waals surface area contributed by atoms with Gasteiger partial charge >= 0.3 is 5.97 Å². The van der Waals surface area contributed by atoms with Gasteiger partial charge in [-0.1, -0.05) is 13.8 Å². The molecule has 0 aliphatic rings. The zero-order chi connectivity index (χ0) is 16.7. The van der Waals surface area contributed by atoms with Crippen LogP contribution in [0.3, 0.4) is 0 Å². The summed E-state index contributed by atoms with van der Waals surface area (Å²) in [4.78, 5) is 15.8. The van der Waals surface area contributed by atoms with Crippen molar-refractivity contribution in [2.45, 2.75) is 19.8 Å². The molecule has 0 saturated carbocycles. The Morgan fingerprint density at radius 2 is 2.13 bits per heavy atom. The number of hydrogen-bond acceptors (Lipinski definition) is 5. The van der Waals surface area contributed by atoms with Gasteiger partial charge in [-0.25, -0.2) is 14.2 Å². The SMILES string of the molecule is CC(C)c1cc(C#N)c2sc(-c3ncc(C(=O)O)s3)cc2c1F. The van der Waals surface area contributed by atoms with Gasteiger partial charge in [0.15, 0.2) is 0 Å². The van der Waals surface area contributed by atoms with E-state index in [0.29, 0.717) is 31.1 Å². The lowest BCUT2D eigenvalue weighted by Crippen LogP contribution is -1.95. The van der Waals surface area contributed by atoms with Gasteiger partial charge in [-0.3, -0.25) is 0 Å². The smallest absolute Gasteiger partial charge is 0.347 e. The van der Waals surface area contributed by atoms with Gasteiger partial charge in [0, 0.05) is 5.39 Å². The Kier molecular flexibility index (Phi) is 3.88. The summed E-state index contributed by atoms with van der Waals surface area (Å²) < 4.78 is 15.3. The standard InChI is InChI=1S/C16H11FN2O2S2/c1-7(2)9-3-8(5-18)14-10(13(9)17)4-11(22-14)15-19-6-12(23-15)16(20)21/h3-4,6-7H,1-2H3,(H,20,21). The molecule has 0 spiro atoms. The maximum Gasteiger partial charge on any atom is 0.347 e. The number of hydrogen-bond donors (Lipinski definition) is 1. The van der Waals surface area contributed by atoms with Crippen molar-refractivity contribution in [1.82, 2.24) is 4.98 Å². The minimum atomic E-state index is -1.04. The van der Waals surface area contributed by atoms with Gasteiger partial charge in [0.1, 0.15) is 21.8 Å². The van der Waals surface area contributed by atoms with E-state index in [1.165, 1.54) is 17.5 Å². The monoisotopic (exact) mass is 346 g/mol. The van der Waals surface area contributed by atoms with Crippen molar-refractivity contribution in [1.29, 1.82) is 5.26 Å². The van der Waals surface area contributed by atoms with E-state index in [2.05, 4.69) is 11.1 Å². The van der Waals surface area contributed by atoms with Crippen LogP contribution in [-0.4, -0.2) is 16.1 Å². The second-order valence-electron chi connectivity index (χ2n) is 5.28. The fraction of sp³-hybridized carbons (Fsp3) is 0.188. The summed E-state index contributed by atoms with van der Waals surface area (Å²) in [5.74, 6) is -1.40. The Labute approximate surface area is 139 Å². The topological polar surface area (TPSA) is 74.0 Å². The quantitative estimate of drug-likeness (QED) is 0.735. The Morgan fingerprint density at radius 1 is 1.39 bits per heavy atom. The summed E-state index contributed by atoms with van der Waals surface area (Å²) in [6.07, 6.45) is 1.29. The number of carboxylic acid groups (broad SMARTS) is 1. The van der Waals surface area contributed by atoms with E-state index in [1.807, 2.05) is 13.8 Å². The number of aromatic nitrogens is 1. The highest BCUT2D eigenvalue weighted by molar-refractivity contribution is 7.26. The summed E-state index contributed by atoms with van der Waals surface area (Å²) in [7, 11) is 0. The molecule has 1 N–H and O–H groups in total. The molecular weight excluding hydrogens is 335 g/mol. The van der Waals surface area contributed by atoms with Crippen LogP contribution in [0.25, 0.3) is 20.0 Å². The molecule has 1 aromatic carbocycles. The fourth-order valence-electron chi connectivity index (χ4n) is 2.29. The first-order chi connectivity index (χ1) is 10.9. The van der Waals surface area contributed by atoms with E-state index in [9.17, 15) is 14.4 Å². The highest BCUT2D eigenvalue weighted by Crippen LogP contribution is 2.40. The van der Waals surface area contributed by atoms with Crippen LogP contribution in [0.2, 0.25) is 0 Å². The van der Waals surface area contributed by atoms with Gasteiger partial charge < -0.3 is 5.11 Å². The largest absolute Gasteiger partial charge is 0.477 e. The molecule has 0 aliphatic carbocycles. The van der Waals surface area contributed by atoms with Gasteiger partial charge in [0.05, 0.1) is 21.3 Å². The molecule has 7 heteroatoms. The fourth-order valence-corrected chi connectivity index (χ4v) is 4.22. The summed E-state index contributed by atoms with van der Waals surface area (Å²) in [5.41, 5.74) is 0.931. The van der Waals surface area contributed by atoms with Crippen molar-refractivity contribution in [2.24, 2.45) is 0 Å². The van der Waals surface area contributed by atoms with Crippen LogP contribution >= 0.6 is 22.7 Å². The molecule has 2 heterocycles. The first-order valence-electron chi connectivity index (χ1n) is 6.78. The van der Waals surface area contributed by atoms with Gasteiger partial charge in [-0.15, -0.1) is 22.7 Å². The molecule has 3 rings (SSSR count). The predicted molar refractivity (Wildman–Crippen MR) is 88.7 cm³/mol. The van der Waals surface area contributed by atoms with Crippen LogP contribution in [-0.2, 0) is 0 Å². The maximum atomic E-state index is 14.7. The van der Waals surface area contributed by atoms with Crippen molar-refractivity contribution < 1.29 is 14.3 Å². The lowest BCUT2D eigenvalue weighted by atomic mass is 9.98. The molecule has 0 fully saturated rings. The lowest BCUT2D eigenvalue weighted by Gasteiger charge is -2.08. The molecule has 0 atom stereocenters. The van der Waals surface area contributed by atoms with Crippen molar-refractivity contribution in [3.05, 3.63) is 40.2 Å². The molecular formula is C16H11FN2O2S2. The molecule has 23 heavy (non-hydrogen) atoms. The summed E-state index contributed by atoms with van der Waals surface area (Å²) in [5, 5.41) is 19.2. The van der Waals surface area contributed by atoms with Crippen LogP contribution in [0.4, 0.5) is 4.39 Å². The molecule has 0 amide bonds. The van der Waals surface area contributed by atoms with E-state index in [1.54, 1.807) is 12.1 Å². The number of rotatable bonds is 3. The first kappa shape index (κ1) is 15.6. The Balaban J connectivity index is 2.23. The number of nitriles is 1. The number of nitrogens with zero attached hydrogens (tertiary/aromatic N) is 2. The average Bonchev–Trinajstić information content (AvgIpc) is 3.14. The first-order valence-corrected chi connectivity index (χ1v) is 8.41. The molecule has 0 bridgehead atoms. The Hall–Kier alpha value is -2.30. The molecule has 0 saturated heterocycles. The van der Waals surface area contributed by atoms with Crippen LogP contribution in [0.1, 0.15) is 40.6 Å². The van der Waals surface area contributed by atoms with Crippen LogP contribution in [0, 0.1) is 17.1 Å². The van der Waals surface area contributed by atoms with Crippen molar-refractivity contribution in [3.8, 4) is 16.0 Å². The third kappa shape index (κ3) is 2.60. The van der Waals surface area contributed by atoms with E-state index < -0.39 is 5.97 Å². The highest BCUT2D eigenvalue weighted by atomic mass is 32.1. The molecule has 0 unspecified atom stereocenters. The molecule has 2 aromatic heterocycles. The number of halogens is 1. The number of thiazole rings is 1. The van der Waals surface area contributed by atoms with E-state index in [-0.39, 0.29) is 16.6 Å². The van der Waals surface area contributed by atoms with E-state index in [0.717, 1.165) is 11.3 Å². The third-order valence-corrected chi connectivity index (χ3v) is 5.76. The van der Waals surface area contributed by atoms with Crippen molar-refractivity contribution in [3.63, 3.8) is 0 Å². The molecule has 4 nitrogen and oxygen atoms in total. The summed E-state index contributed by atoms with van der Waals surface area (Å²) in [6, 6.07) is 5.35. The number of carboxylic acids is 1. The number of fused-ring (bicyclic) bond motifs is 1. The van der Waals surface area contributed by atoms with Crippen LogP contribution < -0.4 is 0 Å². The van der Waals surface area contributed by atoms with Gasteiger partial charge in [-0.2, -0.15) is 5.26 Å². The normalized spacial score (nSPS) is 11.1. The Bertz CT molecular complexity index is 967. The number of aromatic carboxylic acids is 1. The zero-order valence-corrected chi connectivity index (χ0v) is 13.9. The Morgan fingerprint density at radius 3 is 2.70 bits per heavy atom. The van der Waals surface area contributed by atoms with Crippen molar-refractivity contribution in [2.75, 3.05) is 0 Å². The maximum absolute atomic E-state index is 14.7. The average molecular weight is 346 g/mol. The molecule has 116 valence electrons. The predicted octanol–water partition coefficient (Wildman–Crippen LogP) is 4.86. The van der Waals surface area contributed by atoms with Crippen LogP contribution in [0.5, 0.6) is 0 Å². The van der Waals surface area contributed by atoms with Gasteiger partial charge in [0.25, 0.3) is 0 Å². The molecule has 0 aliphatic heterocycles. The molecule has 3 aromatic rings. The zero-order valence-electron chi connectivity index (χ0n) is 12.3. The minimum Gasteiger partial charge on any atom is -0.477 e. The number of benzene rings is 1. The summed E-state index contributed by atoms with van der Waals surface area (Å²) in [6.45, 7) is 3.75. The molecule has 0 radical (unpaired) electrons. The second-order valence-corrected chi connectivity index (χ2v) is 7.36. The second kappa shape index (κ2) is 5.72. The van der Waals surface area contributed by atoms with Crippen LogP contribution in [0.15, 0.2) is 18.3 Å². The third-order valence-electron chi connectivity index (χ3n) is 3.44. The van der Waals surface area contributed by atoms with Gasteiger partial charge in [0.2, 0.25) is 0 Å². The minimum absolute atomic E-state index is 0.0340. The number of thiophene rings is 1. The van der Waals surface area contributed by atoms with E-state index >= 15 is 0 Å². The lowest BCUT2D eigenvalue weighted by molar-refractivity contribution is 0.0702.